The molecule has 0 aliphatic carbocycles. The third-order valence-corrected chi connectivity index (χ3v) is 4.71. The smallest absolute Gasteiger partial charge is 0.249 e. The summed E-state index contributed by atoms with van der Waals surface area (Å²) in [5.74, 6) is 1.10. The second-order valence-corrected chi connectivity index (χ2v) is 7.51. The van der Waals surface area contributed by atoms with Crippen LogP contribution in [-0.4, -0.2) is 41.8 Å². The second-order valence-electron chi connectivity index (χ2n) is 7.07. The largest absolute Gasteiger partial charge is 0.342 e. The van der Waals surface area contributed by atoms with Crippen LogP contribution in [-0.2, 0) is 9.59 Å². The molecule has 1 aromatic rings. The number of carbonyl (C=O) groups is 2. The third-order valence-electron chi connectivity index (χ3n) is 4.47. The highest BCUT2D eigenvalue weighted by molar-refractivity contribution is 6.30. The maximum Gasteiger partial charge on any atom is 0.249 e. The molecule has 0 unspecified atom stereocenters. The van der Waals surface area contributed by atoms with Gasteiger partial charge in [0.05, 0.1) is 6.42 Å². The van der Waals surface area contributed by atoms with Crippen molar-refractivity contribution in [3.05, 3.63) is 29.3 Å². The van der Waals surface area contributed by atoms with Crippen molar-refractivity contribution in [1.82, 2.24) is 10.2 Å². The Balaban J connectivity index is 1.74. The van der Waals surface area contributed by atoms with Gasteiger partial charge in [0.1, 0.15) is 6.04 Å². The maximum absolute atomic E-state index is 12.5. The lowest BCUT2D eigenvalue weighted by molar-refractivity contribution is -0.125. The minimum absolute atomic E-state index is 0.0504. The standard InChI is InChI=1S/C18H23ClN4O2/c1-11-6-12(2)10-23(9-11)18-21-15(8-16(24)22-18)17(25)20-14-5-3-4-13(19)7-14/h3-5,7,11-12,15H,6,8-10H2,1-2H3,(H,20,25)(H,21,22,24)/t11-,12+,15-/m0/s1. The fourth-order valence-electron chi connectivity index (χ4n) is 3.52. The van der Waals surface area contributed by atoms with Crippen molar-refractivity contribution in [2.75, 3.05) is 18.4 Å². The topological polar surface area (TPSA) is 73.8 Å². The number of carbonyl (C=O) groups excluding carboxylic acids is 2. The Morgan fingerprint density at radius 2 is 2.04 bits per heavy atom. The lowest BCUT2D eigenvalue weighted by atomic mass is 9.92. The Bertz CT molecular complexity index is 696. The van der Waals surface area contributed by atoms with E-state index in [1.165, 1.54) is 0 Å². The molecule has 0 bridgehead atoms. The van der Waals surface area contributed by atoms with Gasteiger partial charge in [-0.25, -0.2) is 4.99 Å². The number of hydrogen-bond acceptors (Lipinski definition) is 4. The molecule has 1 saturated heterocycles. The molecule has 0 spiro atoms. The summed E-state index contributed by atoms with van der Waals surface area (Å²) < 4.78 is 0. The van der Waals surface area contributed by atoms with Gasteiger partial charge in [0.15, 0.2) is 0 Å². The number of likely N-dealkylation sites (tertiary alicyclic amines) is 1. The van der Waals surface area contributed by atoms with Crippen LogP contribution < -0.4 is 10.6 Å². The Morgan fingerprint density at radius 1 is 1.32 bits per heavy atom. The van der Waals surface area contributed by atoms with E-state index < -0.39 is 6.04 Å². The average Bonchev–Trinajstić information content (AvgIpc) is 2.53. The average molecular weight is 363 g/mol. The summed E-state index contributed by atoms with van der Waals surface area (Å²) in [7, 11) is 0. The van der Waals surface area contributed by atoms with Crippen molar-refractivity contribution >= 4 is 35.1 Å². The van der Waals surface area contributed by atoms with Crippen LogP contribution >= 0.6 is 11.6 Å². The van der Waals surface area contributed by atoms with Gasteiger partial charge in [0.2, 0.25) is 17.8 Å². The Hall–Kier alpha value is -2.08. The van der Waals surface area contributed by atoms with Crippen molar-refractivity contribution in [3.8, 4) is 0 Å². The minimum atomic E-state index is -0.727. The zero-order chi connectivity index (χ0) is 18.0. The molecule has 1 fully saturated rings. The number of rotatable bonds is 2. The molecular formula is C18H23ClN4O2. The number of anilines is 1. The first-order valence-electron chi connectivity index (χ1n) is 8.59. The van der Waals surface area contributed by atoms with Gasteiger partial charge in [-0.1, -0.05) is 31.5 Å². The van der Waals surface area contributed by atoms with Gasteiger partial charge in [0, 0.05) is 23.8 Å². The molecule has 6 nitrogen and oxygen atoms in total. The zero-order valence-corrected chi connectivity index (χ0v) is 15.2. The number of nitrogens with one attached hydrogen (secondary N) is 2. The number of aliphatic imine (C=N–C) groups is 1. The van der Waals surface area contributed by atoms with Gasteiger partial charge in [-0.05, 0) is 36.5 Å². The van der Waals surface area contributed by atoms with Crippen molar-refractivity contribution in [1.29, 1.82) is 0 Å². The van der Waals surface area contributed by atoms with E-state index in [9.17, 15) is 9.59 Å². The van der Waals surface area contributed by atoms with E-state index in [1.54, 1.807) is 24.3 Å². The van der Waals surface area contributed by atoms with Gasteiger partial charge < -0.3 is 10.2 Å². The molecule has 3 rings (SSSR count). The first-order chi connectivity index (χ1) is 11.9. The number of amides is 2. The molecule has 2 amide bonds. The Morgan fingerprint density at radius 3 is 2.72 bits per heavy atom. The first-order valence-corrected chi connectivity index (χ1v) is 8.97. The van der Waals surface area contributed by atoms with Crippen molar-refractivity contribution in [3.63, 3.8) is 0 Å². The van der Waals surface area contributed by atoms with Gasteiger partial charge in [-0.15, -0.1) is 0 Å². The molecule has 3 atom stereocenters. The summed E-state index contributed by atoms with van der Waals surface area (Å²) in [4.78, 5) is 31.2. The predicted octanol–water partition coefficient (Wildman–Crippen LogP) is 2.50. The molecule has 2 heterocycles. The highest BCUT2D eigenvalue weighted by atomic mass is 35.5. The summed E-state index contributed by atoms with van der Waals surface area (Å²) in [6, 6.07) is 6.19. The van der Waals surface area contributed by atoms with Gasteiger partial charge in [-0.2, -0.15) is 0 Å². The normalized spacial score (nSPS) is 26.7. The van der Waals surface area contributed by atoms with E-state index in [1.807, 2.05) is 0 Å². The van der Waals surface area contributed by atoms with Crippen molar-refractivity contribution in [2.24, 2.45) is 16.8 Å². The number of piperidine rings is 1. The molecule has 7 heteroatoms. The third kappa shape index (κ3) is 4.51. The van der Waals surface area contributed by atoms with Gasteiger partial charge in [-0.3, -0.25) is 14.9 Å². The second kappa shape index (κ2) is 7.44. The molecule has 1 aromatic carbocycles. The zero-order valence-electron chi connectivity index (χ0n) is 14.5. The summed E-state index contributed by atoms with van der Waals surface area (Å²) in [6.45, 7) is 6.06. The molecule has 2 aliphatic rings. The number of halogens is 1. The molecule has 0 saturated carbocycles. The quantitative estimate of drug-likeness (QED) is 0.848. The van der Waals surface area contributed by atoms with Crippen LogP contribution in [0.15, 0.2) is 29.3 Å². The van der Waals surface area contributed by atoms with E-state index in [2.05, 4.69) is 34.4 Å². The molecule has 2 aliphatic heterocycles. The molecule has 0 radical (unpaired) electrons. The number of benzene rings is 1. The summed E-state index contributed by atoms with van der Waals surface area (Å²) in [6.07, 6.45) is 1.21. The maximum atomic E-state index is 12.5. The molecular weight excluding hydrogens is 340 g/mol. The highest BCUT2D eigenvalue weighted by Crippen LogP contribution is 2.22. The van der Waals surface area contributed by atoms with E-state index in [-0.39, 0.29) is 18.2 Å². The fraction of sp³-hybridized carbons (Fsp3) is 0.500. The minimum Gasteiger partial charge on any atom is -0.342 e. The Labute approximate surface area is 152 Å². The van der Waals surface area contributed by atoms with E-state index in [4.69, 9.17) is 11.6 Å². The van der Waals surface area contributed by atoms with Crippen LogP contribution in [0.4, 0.5) is 5.69 Å². The lowest BCUT2D eigenvalue weighted by Crippen LogP contribution is -2.54. The van der Waals surface area contributed by atoms with Crippen molar-refractivity contribution < 1.29 is 9.59 Å². The van der Waals surface area contributed by atoms with Gasteiger partial charge in [0.25, 0.3) is 0 Å². The molecule has 0 aromatic heterocycles. The monoisotopic (exact) mass is 362 g/mol. The number of nitrogens with zero attached hydrogens (tertiary/aromatic N) is 2. The molecule has 2 N–H and O–H groups in total. The fourth-order valence-corrected chi connectivity index (χ4v) is 3.71. The summed E-state index contributed by atoms with van der Waals surface area (Å²) in [5.41, 5.74) is 0.598. The van der Waals surface area contributed by atoms with Crippen LogP contribution in [0.2, 0.25) is 5.02 Å². The molecule has 25 heavy (non-hydrogen) atoms. The van der Waals surface area contributed by atoms with Gasteiger partial charge >= 0.3 is 0 Å². The SMILES string of the molecule is C[C@@H]1C[C@H](C)CN(C2=N[C@H](C(=O)Nc3cccc(Cl)c3)CC(=O)N2)C1. The molecule has 134 valence electrons. The number of guanidine groups is 1. The van der Waals surface area contributed by atoms with Crippen molar-refractivity contribution in [2.45, 2.75) is 32.7 Å². The summed E-state index contributed by atoms with van der Waals surface area (Å²) in [5, 5.41) is 6.15. The van der Waals surface area contributed by atoms with E-state index in [0.717, 1.165) is 19.5 Å². The van der Waals surface area contributed by atoms with Crippen LogP contribution in [0.25, 0.3) is 0 Å². The predicted molar refractivity (Wildman–Crippen MR) is 98.6 cm³/mol. The van der Waals surface area contributed by atoms with E-state index in [0.29, 0.717) is 28.5 Å². The summed E-state index contributed by atoms with van der Waals surface area (Å²) >= 11 is 5.94. The van der Waals surface area contributed by atoms with Crippen LogP contribution in [0.3, 0.4) is 0 Å². The van der Waals surface area contributed by atoms with Crippen LogP contribution in [0.5, 0.6) is 0 Å². The lowest BCUT2D eigenvalue weighted by Gasteiger charge is -2.38. The van der Waals surface area contributed by atoms with E-state index >= 15 is 0 Å². The Kier molecular flexibility index (Phi) is 5.27. The highest BCUT2D eigenvalue weighted by Gasteiger charge is 2.32. The van der Waals surface area contributed by atoms with Crippen LogP contribution in [0, 0.1) is 11.8 Å². The van der Waals surface area contributed by atoms with Crippen LogP contribution in [0.1, 0.15) is 26.7 Å². The first kappa shape index (κ1) is 17.7. The number of hydrogen-bond donors (Lipinski definition) is 2.